The summed E-state index contributed by atoms with van der Waals surface area (Å²) in [5.74, 6) is 2.29. The Morgan fingerprint density at radius 2 is 1.96 bits per heavy atom. The Balaban J connectivity index is 1.70. The standard InChI is InChI=1S/C18H30N4O2/c1-11(2)22-17(19-12(3)21-22)14-8-9-16(23)15(10-14)20-18(24)13-6-4-5-7-13/h11,13-16,23H,4-10H2,1-3H3,(H,20,24)/t14-,15+,16+/m0/s1. The van der Waals surface area contributed by atoms with Gasteiger partial charge in [0.1, 0.15) is 11.6 Å². The van der Waals surface area contributed by atoms with Gasteiger partial charge in [-0.15, -0.1) is 0 Å². The molecule has 3 atom stereocenters. The summed E-state index contributed by atoms with van der Waals surface area (Å²) in [5, 5.41) is 18.0. The molecule has 2 aliphatic rings. The van der Waals surface area contributed by atoms with Crippen molar-refractivity contribution in [1.82, 2.24) is 20.1 Å². The molecule has 0 aromatic carbocycles. The molecule has 24 heavy (non-hydrogen) atoms. The molecule has 1 aromatic rings. The van der Waals surface area contributed by atoms with Crippen molar-refractivity contribution in [2.45, 2.75) is 89.8 Å². The summed E-state index contributed by atoms with van der Waals surface area (Å²) in [6.07, 6.45) is 6.13. The first-order chi connectivity index (χ1) is 11.5. The number of carbonyl (C=O) groups excluding carboxylic acids is 1. The Hall–Kier alpha value is -1.43. The highest BCUT2D eigenvalue weighted by atomic mass is 16.3. The Morgan fingerprint density at radius 1 is 1.25 bits per heavy atom. The molecule has 2 saturated carbocycles. The predicted molar refractivity (Wildman–Crippen MR) is 91.6 cm³/mol. The summed E-state index contributed by atoms with van der Waals surface area (Å²) in [7, 11) is 0. The highest BCUT2D eigenvalue weighted by Gasteiger charge is 2.35. The molecule has 1 amide bonds. The van der Waals surface area contributed by atoms with Gasteiger partial charge in [-0.05, 0) is 52.9 Å². The van der Waals surface area contributed by atoms with E-state index in [0.29, 0.717) is 6.42 Å². The van der Waals surface area contributed by atoms with Gasteiger partial charge in [0.15, 0.2) is 0 Å². The molecule has 2 fully saturated rings. The number of amides is 1. The van der Waals surface area contributed by atoms with Crippen LogP contribution in [0.25, 0.3) is 0 Å². The molecule has 0 unspecified atom stereocenters. The highest BCUT2D eigenvalue weighted by Crippen LogP contribution is 2.34. The summed E-state index contributed by atoms with van der Waals surface area (Å²) in [5.41, 5.74) is 0. The van der Waals surface area contributed by atoms with Crippen molar-refractivity contribution in [2.75, 3.05) is 0 Å². The van der Waals surface area contributed by atoms with Crippen LogP contribution in [-0.4, -0.2) is 37.9 Å². The minimum Gasteiger partial charge on any atom is -0.391 e. The summed E-state index contributed by atoms with van der Waals surface area (Å²) in [4.78, 5) is 17.1. The number of nitrogens with zero attached hydrogens (tertiary/aromatic N) is 3. The van der Waals surface area contributed by atoms with Crippen molar-refractivity contribution < 1.29 is 9.90 Å². The van der Waals surface area contributed by atoms with Gasteiger partial charge in [-0.3, -0.25) is 4.79 Å². The molecule has 1 aromatic heterocycles. The van der Waals surface area contributed by atoms with Gasteiger partial charge < -0.3 is 10.4 Å². The second-order valence-electron chi connectivity index (χ2n) is 7.73. The van der Waals surface area contributed by atoms with E-state index in [1.165, 1.54) is 0 Å². The monoisotopic (exact) mass is 334 g/mol. The molecular weight excluding hydrogens is 304 g/mol. The number of nitrogens with one attached hydrogen (secondary N) is 1. The van der Waals surface area contributed by atoms with E-state index in [1.807, 2.05) is 11.6 Å². The maximum absolute atomic E-state index is 12.4. The van der Waals surface area contributed by atoms with Crippen LogP contribution >= 0.6 is 0 Å². The van der Waals surface area contributed by atoms with Crippen molar-refractivity contribution in [3.05, 3.63) is 11.6 Å². The number of aromatic nitrogens is 3. The van der Waals surface area contributed by atoms with Gasteiger partial charge >= 0.3 is 0 Å². The molecule has 3 rings (SSSR count). The molecule has 1 heterocycles. The fourth-order valence-electron chi connectivity index (χ4n) is 4.14. The second kappa shape index (κ2) is 7.21. The van der Waals surface area contributed by atoms with E-state index in [1.54, 1.807) is 0 Å². The first kappa shape index (κ1) is 17.4. The normalized spacial score (nSPS) is 28.5. The number of aryl methyl sites for hydroxylation is 1. The van der Waals surface area contributed by atoms with Gasteiger partial charge in [0.05, 0.1) is 12.1 Å². The second-order valence-corrected chi connectivity index (χ2v) is 7.73. The molecule has 6 heteroatoms. The molecule has 2 N–H and O–H groups in total. The summed E-state index contributed by atoms with van der Waals surface area (Å²) >= 11 is 0. The van der Waals surface area contributed by atoms with Gasteiger partial charge in [-0.2, -0.15) is 5.10 Å². The van der Waals surface area contributed by atoms with E-state index < -0.39 is 6.10 Å². The zero-order chi connectivity index (χ0) is 17.3. The molecule has 2 aliphatic carbocycles. The molecule has 134 valence electrons. The largest absolute Gasteiger partial charge is 0.391 e. The topological polar surface area (TPSA) is 80.0 Å². The van der Waals surface area contributed by atoms with Crippen LogP contribution in [0, 0.1) is 12.8 Å². The highest BCUT2D eigenvalue weighted by molar-refractivity contribution is 5.79. The lowest BCUT2D eigenvalue weighted by molar-refractivity contribution is -0.126. The zero-order valence-corrected chi connectivity index (χ0v) is 15.0. The number of hydrogen-bond donors (Lipinski definition) is 2. The van der Waals surface area contributed by atoms with Gasteiger partial charge in [0.2, 0.25) is 5.91 Å². The van der Waals surface area contributed by atoms with Crippen LogP contribution in [0.4, 0.5) is 0 Å². The van der Waals surface area contributed by atoms with E-state index in [4.69, 9.17) is 0 Å². The summed E-state index contributed by atoms with van der Waals surface area (Å²) < 4.78 is 1.99. The lowest BCUT2D eigenvalue weighted by atomic mass is 9.82. The van der Waals surface area contributed by atoms with E-state index in [-0.39, 0.29) is 29.8 Å². The number of aliphatic hydroxyl groups excluding tert-OH is 1. The van der Waals surface area contributed by atoms with Crippen LogP contribution in [0.5, 0.6) is 0 Å². The van der Waals surface area contributed by atoms with Crippen LogP contribution in [0.1, 0.15) is 82.4 Å². The minimum absolute atomic E-state index is 0.124. The molecular formula is C18H30N4O2. The van der Waals surface area contributed by atoms with Crippen molar-refractivity contribution in [3.63, 3.8) is 0 Å². The molecule has 6 nitrogen and oxygen atoms in total. The molecule has 0 radical (unpaired) electrons. The smallest absolute Gasteiger partial charge is 0.223 e. The van der Waals surface area contributed by atoms with E-state index in [0.717, 1.165) is 50.2 Å². The Bertz CT molecular complexity index is 578. The number of hydrogen-bond acceptors (Lipinski definition) is 4. The summed E-state index contributed by atoms with van der Waals surface area (Å²) in [6, 6.07) is 0.0917. The van der Waals surface area contributed by atoms with E-state index in [2.05, 4.69) is 29.2 Å². The van der Waals surface area contributed by atoms with Crippen LogP contribution in [0.3, 0.4) is 0 Å². The van der Waals surface area contributed by atoms with Crippen LogP contribution < -0.4 is 5.32 Å². The fourth-order valence-corrected chi connectivity index (χ4v) is 4.14. The van der Waals surface area contributed by atoms with Gasteiger partial charge in [-0.1, -0.05) is 12.8 Å². The first-order valence-corrected chi connectivity index (χ1v) is 9.37. The van der Waals surface area contributed by atoms with Gasteiger partial charge in [0, 0.05) is 17.9 Å². The predicted octanol–water partition coefficient (Wildman–Crippen LogP) is 2.47. The van der Waals surface area contributed by atoms with Crippen molar-refractivity contribution >= 4 is 5.91 Å². The lowest BCUT2D eigenvalue weighted by Gasteiger charge is -2.34. The maximum Gasteiger partial charge on any atom is 0.223 e. The third-order valence-corrected chi connectivity index (χ3v) is 5.49. The third kappa shape index (κ3) is 3.63. The molecule has 0 saturated heterocycles. The quantitative estimate of drug-likeness (QED) is 0.886. The number of carbonyl (C=O) groups is 1. The fraction of sp³-hybridized carbons (Fsp3) is 0.833. The summed E-state index contributed by atoms with van der Waals surface area (Å²) in [6.45, 7) is 6.13. The SMILES string of the molecule is Cc1nc([C@H]2CC[C@@H](O)[C@H](NC(=O)C3CCCC3)C2)n(C(C)C)n1. The van der Waals surface area contributed by atoms with Crippen molar-refractivity contribution in [1.29, 1.82) is 0 Å². The van der Waals surface area contributed by atoms with Crippen LogP contribution in [0.2, 0.25) is 0 Å². The number of aliphatic hydroxyl groups is 1. The lowest BCUT2D eigenvalue weighted by Crippen LogP contribution is -2.48. The van der Waals surface area contributed by atoms with E-state index in [9.17, 15) is 9.90 Å². The van der Waals surface area contributed by atoms with Gasteiger partial charge in [-0.25, -0.2) is 9.67 Å². The average Bonchev–Trinajstić information content (AvgIpc) is 3.18. The van der Waals surface area contributed by atoms with E-state index >= 15 is 0 Å². The molecule has 0 bridgehead atoms. The van der Waals surface area contributed by atoms with Crippen molar-refractivity contribution in [2.24, 2.45) is 5.92 Å². The van der Waals surface area contributed by atoms with Crippen LogP contribution in [-0.2, 0) is 4.79 Å². The van der Waals surface area contributed by atoms with Crippen molar-refractivity contribution in [3.8, 4) is 0 Å². The zero-order valence-electron chi connectivity index (χ0n) is 15.0. The molecule has 0 aliphatic heterocycles. The minimum atomic E-state index is -0.455. The Kier molecular flexibility index (Phi) is 5.23. The van der Waals surface area contributed by atoms with Crippen LogP contribution in [0.15, 0.2) is 0 Å². The Morgan fingerprint density at radius 3 is 2.62 bits per heavy atom. The average molecular weight is 334 g/mol. The Labute approximate surface area is 144 Å². The third-order valence-electron chi connectivity index (χ3n) is 5.49. The maximum atomic E-state index is 12.4. The molecule has 0 spiro atoms. The first-order valence-electron chi connectivity index (χ1n) is 9.37. The van der Waals surface area contributed by atoms with Gasteiger partial charge in [0.25, 0.3) is 0 Å². The number of rotatable bonds is 4.